The van der Waals surface area contributed by atoms with Crippen LogP contribution in [0.2, 0.25) is 0 Å². The van der Waals surface area contributed by atoms with Crippen LogP contribution in [0, 0.1) is 0 Å². The molecule has 0 saturated carbocycles. The van der Waals surface area contributed by atoms with Crippen molar-refractivity contribution in [3.05, 3.63) is 65.7 Å². The molecular formula is C33H43NO12. The zero-order valence-electron chi connectivity index (χ0n) is 26.6. The van der Waals surface area contributed by atoms with Crippen molar-refractivity contribution in [1.29, 1.82) is 0 Å². The Morgan fingerprint density at radius 2 is 1.39 bits per heavy atom. The van der Waals surface area contributed by atoms with E-state index in [0.717, 1.165) is 11.1 Å². The highest BCUT2D eigenvalue weighted by Crippen LogP contribution is 2.31. The minimum atomic E-state index is -1.12. The van der Waals surface area contributed by atoms with Crippen LogP contribution in [0.5, 0.6) is 5.75 Å². The van der Waals surface area contributed by atoms with Crippen LogP contribution >= 0.6 is 0 Å². The maximum Gasteiger partial charge on any atom is 0.407 e. The fourth-order valence-electron chi connectivity index (χ4n) is 4.67. The van der Waals surface area contributed by atoms with Crippen molar-refractivity contribution >= 4 is 24.0 Å². The molecule has 0 aromatic heterocycles. The first-order chi connectivity index (χ1) is 22.2. The van der Waals surface area contributed by atoms with E-state index in [-0.39, 0.29) is 26.4 Å². The first kappa shape index (κ1) is 36.3. The second kappa shape index (κ2) is 19.3. The largest absolute Gasteiger partial charge is 0.497 e. The summed E-state index contributed by atoms with van der Waals surface area (Å²) in [6.07, 6.45) is -3.87. The van der Waals surface area contributed by atoms with E-state index >= 15 is 0 Å². The number of carbonyl (C=O) groups is 4. The topological polar surface area (TPSA) is 154 Å². The van der Waals surface area contributed by atoms with Crippen LogP contribution in [0.15, 0.2) is 54.6 Å². The Morgan fingerprint density at radius 3 is 2.04 bits per heavy atom. The number of alkyl carbamates (subject to hydrolysis) is 1. The molecule has 1 amide bonds. The predicted molar refractivity (Wildman–Crippen MR) is 162 cm³/mol. The van der Waals surface area contributed by atoms with Gasteiger partial charge in [-0.25, -0.2) is 4.79 Å². The van der Waals surface area contributed by atoms with Crippen LogP contribution in [0.3, 0.4) is 0 Å². The Kier molecular flexibility index (Phi) is 15.3. The number of hydrogen-bond donors (Lipinski definition) is 1. The lowest BCUT2D eigenvalue weighted by Gasteiger charge is -2.44. The lowest BCUT2D eigenvalue weighted by molar-refractivity contribution is -0.313. The van der Waals surface area contributed by atoms with Gasteiger partial charge >= 0.3 is 24.0 Å². The fourth-order valence-corrected chi connectivity index (χ4v) is 4.67. The Balaban J connectivity index is 1.60. The number of rotatable bonds is 17. The summed E-state index contributed by atoms with van der Waals surface area (Å²) in [6.45, 7) is 4.34. The second-order valence-electron chi connectivity index (χ2n) is 10.5. The summed E-state index contributed by atoms with van der Waals surface area (Å²) in [7, 11) is 1.56. The average Bonchev–Trinajstić information content (AvgIpc) is 3.03. The first-order valence-corrected chi connectivity index (χ1v) is 15.1. The number of hydrogen-bond acceptors (Lipinski definition) is 12. The van der Waals surface area contributed by atoms with Crippen LogP contribution in [-0.2, 0) is 60.8 Å². The molecule has 3 rings (SSSR count). The SMILES string of the molecule is COc1ccc(CO[C@H]2[C@@H](OC(C)=O)[C@@H](COC(C)=O)O[C@@H](OCCCCCNC(=O)OCc3ccccc3)[C@@H]2OC(C)=O)cc1. The number of amides is 1. The van der Waals surface area contributed by atoms with E-state index in [1.165, 1.54) is 20.8 Å². The zero-order valence-corrected chi connectivity index (χ0v) is 26.6. The van der Waals surface area contributed by atoms with Gasteiger partial charge in [-0.2, -0.15) is 0 Å². The maximum absolute atomic E-state index is 12.2. The molecule has 1 aliphatic heterocycles. The number of esters is 3. The molecule has 252 valence electrons. The third kappa shape index (κ3) is 12.7. The van der Waals surface area contributed by atoms with E-state index in [9.17, 15) is 19.2 Å². The molecule has 5 atom stereocenters. The third-order valence-electron chi connectivity index (χ3n) is 6.83. The molecule has 13 nitrogen and oxygen atoms in total. The number of carbonyl (C=O) groups excluding carboxylic acids is 4. The quantitative estimate of drug-likeness (QED) is 0.151. The van der Waals surface area contributed by atoms with Crippen LogP contribution in [-0.4, -0.2) is 81.6 Å². The van der Waals surface area contributed by atoms with Gasteiger partial charge in [0.25, 0.3) is 0 Å². The maximum atomic E-state index is 12.2. The lowest BCUT2D eigenvalue weighted by Crippen LogP contribution is -2.62. The molecule has 2 aromatic rings. The molecule has 13 heteroatoms. The van der Waals surface area contributed by atoms with E-state index in [0.29, 0.717) is 31.6 Å². The monoisotopic (exact) mass is 645 g/mol. The van der Waals surface area contributed by atoms with Crippen molar-refractivity contribution in [3.63, 3.8) is 0 Å². The Labute approximate surface area is 268 Å². The molecule has 0 radical (unpaired) electrons. The van der Waals surface area contributed by atoms with Gasteiger partial charge in [-0.3, -0.25) is 14.4 Å². The van der Waals surface area contributed by atoms with Gasteiger partial charge in [0.1, 0.15) is 31.2 Å². The molecule has 2 aromatic carbocycles. The minimum absolute atomic E-state index is 0.0674. The normalized spacial score (nSPS) is 20.7. The number of ether oxygens (including phenoxy) is 8. The Morgan fingerprint density at radius 1 is 0.717 bits per heavy atom. The van der Waals surface area contributed by atoms with Crippen molar-refractivity contribution in [2.24, 2.45) is 0 Å². The highest BCUT2D eigenvalue weighted by molar-refractivity contribution is 5.67. The summed E-state index contributed by atoms with van der Waals surface area (Å²) in [5.74, 6) is -1.14. The van der Waals surface area contributed by atoms with Crippen molar-refractivity contribution in [2.75, 3.05) is 26.9 Å². The molecule has 0 spiro atoms. The van der Waals surface area contributed by atoms with Gasteiger partial charge in [-0.05, 0) is 42.5 Å². The molecule has 1 heterocycles. The molecule has 1 N–H and O–H groups in total. The lowest BCUT2D eigenvalue weighted by atomic mass is 9.98. The van der Waals surface area contributed by atoms with Crippen molar-refractivity contribution in [1.82, 2.24) is 5.32 Å². The number of benzene rings is 2. The van der Waals surface area contributed by atoms with Gasteiger partial charge in [0, 0.05) is 33.9 Å². The molecule has 1 aliphatic rings. The molecule has 1 fully saturated rings. The van der Waals surface area contributed by atoms with E-state index in [4.69, 9.17) is 37.9 Å². The standard InChI is InChI=1S/C33H43NO12/c1-22(35)41-21-28-29(44-23(2)36)30(42-19-26-13-15-27(39-4)16-14-26)31(45-24(3)37)32(46-28)40-18-10-6-9-17-34-33(38)43-20-25-11-7-5-8-12-25/h5,7-8,11-16,28-32H,6,9-10,17-21H2,1-4H3,(H,34,38)/t28-,29+,30+,31-,32-/m1/s1. The molecule has 0 bridgehead atoms. The Hall–Kier alpha value is -4.20. The van der Waals surface area contributed by atoms with Gasteiger partial charge in [0.05, 0.1) is 13.7 Å². The second-order valence-corrected chi connectivity index (χ2v) is 10.5. The van der Waals surface area contributed by atoms with Crippen LogP contribution in [0.25, 0.3) is 0 Å². The molecular weight excluding hydrogens is 602 g/mol. The summed E-state index contributed by atoms with van der Waals surface area (Å²) >= 11 is 0. The van der Waals surface area contributed by atoms with Crippen LogP contribution < -0.4 is 10.1 Å². The van der Waals surface area contributed by atoms with Crippen molar-refractivity contribution < 1.29 is 57.1 Å². The Bertz CT molecular complexity index is 1240. The first-order valence-electron chi connectivity index (χ1n) is 15.1. The minimum Gasteiger partial charge on any atom is -0.497 e. The van der Waals surface area contributed by atoms with Gasteiger partial charge in [-0.1, -0.05) is 42.5 Å². The molecule has 46 heavy (non-hydrogen) atoms. The van der Waals surface area contributed by atoms with E-state index in [2.05, 4.69) is 5.32 Å². The third-order valence-corrected chi connectivity index (χ3v) is 6.83. The van der Waals surface area contributed by atoms with Gasteiger partial charge in [0.2, 0.25) is 0 Å². The zero-order chi connectivity index (χ0) is 33.3. The number of nitrogens with one attached hydrogen (secondary N) is 1. The molecule has 0 aliphatic carbocycles. The summed E-state index contributed by atoms with van der Waals surface area (Å²) in [6, 6.07) is 16.5. The van der Waals surface area contributed by atoms with E-state index in [1.807, 2.05) is 42.5 Å². The van der Waals surface area contributed by atoms with Crippen LogP contribution in [0.1, 0.15) is 51.2 Å². The summed E-state index contributed by atoms with van der Waals surface area (Å²) in [5.41, 5.74) is 1.68. The van der Waals surface area contributed by atoms with E-state index in [1.54, 1.807) is 19.2 Å². The van der Waals surface area contributed by atoms with Gasteiger partial charge < -0.3 is 43.2 Å². The molecule has 0 unspecified atom stereocenters. The fraction of sp³-hybridized carbons (Fsp3) is 0.515. The summed E-state index contributed by atoms with van der Waals surface area (Å²) < 4.78 is 45.1. The summed E-state index contributed by atoms with van der Waals surface area (Å²) in [4.78, 5) is 47.9. The number of unbranched alkanes of at least 4 members (excludes halogenated alkanes) is 2. The van der Waals surface area contributed by atoms with Gasteiger partial charge in [0.15, 0.2) is 18.5 Å². The predicted octanol–water partition coefficient (Wildman–Crippen LogP) is 3.85. The van der Waals surface area contributed by atoms with Crippen LogP contribution in [0.4, 0.5) is 4.79 Å². The smallest absolute Gasteiger partial charge is 0.407 e. The molecule has 1 saturated heterocycles. The highest BCUT2D eigenvalue weighted by Gasteiger charge is 2.51. The van der Waals surface area contributed by atoms with Gasteiger partial charge in [-0.15, -0.1) is 0 Å². The van der Waals surface area contributed by atoms with Crippen molar-refractivity contribution in [3.8, 4) is 5.75 Å². The van der Waals surface area contributed by atoms with E-state index < -0.39 is 54.7 Å². The highest BCUT2D eigenvalue weighted by atomic mass is 16.7. The summed E-state index contributed by atoms with van der Waals surface area (Å²) in [5, 5.41) is 2.72. The number of methoxy groups -OCH3 is 1. The van der Waals surface area contributed by atoms with Crippen molar-refractivity contribution in [2.45, 2.75) is 84.0 Å². The average molecular weight is 646 g/mol.